The van der Waals surface area contributed by atoms with E-state index in [2.05, 4.69) is 17.5 Å². The Kier molecular flexibility index (Phi) is 3.83. The molecule has 1 heterocycles. The van der Waals surface area contributed by atoms with Gasteiger partial charge in [-0.05, 0) is 36.6 Å². The lowest BCUT2D eigenvalue weighted by molar-refractivity contribution is -0.118. The van der Waals surface area contributed by atoms with Gasteiger partial charge >= 0.3 is 0 Å². The van der Waals surface area contributed by atoms with E-state index in [1.54, 1.807) is 4.90 Å². The van der Waals surface area contributed by atoms with Gasteiger partial charge in [0.15, 0.2) is 0 Å². The van der Waals surface area contributed by atoms with Crippen LogP contribution < -0.4 is 10.2 Å². The molecule has 0 spiro atoms. The molecule has 1 N–H and O–H groups in total. The molecule has 0 saturated carbocycles. The van der Waals surface area contributed by atoms with Crippen LogP contribution in [0, 0.1) is 11.3 Å². The third-order valence-electron chi connectivity index (χ3n) is 3.22. The Balaban J connectivity index is 2.04. The third kappa shape index (κ3) is 2.62. The molecule has 0 aliphatic carbocycles. The Morgan fingerprint density at radius 3 is 3.06 bits per heavy atom. The van der Waals surface area contributed by atoms with Crippen LogP contribution in [-0.4, -0.2) is 19.5 Å². The summed E-state index contributed by atoms with van der Waals surface area (Å²) in [4.78, 5) is 13.3. The fourth-order valence-electron chi connectivity index (χ4n) is 2.17. The zero-order chi connectivity index (χ0) is 13.0. The topological polar surface area (TPSA) is 56.1 Å². The molecule has 1 amide bonds. The predicted octanol–water partition coefficient (Wildman–Crippen LogP) is 2.31. The van der Waals surface area contributed by atoms with Gasteiger partial charge in [-0.25, -0.2) is 0 Å². The average molecular weight is 243 g/mol. The lowest BCUT2D eigenvalue weighted by Gasteiger charge is -2.26. The lowest BCUT2D eigenvalue weighted by Crippen LogP contribution is -2.31. The van der Waals surface area contributed by atoms with Crippen LogP contribution in [0.5, 0.6) is 0 Å². The van der Waals surface area contributed by atoms with E-state index in [4.69, 9.17) is 5.26 Å². The fraction of sp³-hybridized carbons (Fsp3) is 0.429. The predicted molar refractivity (Wildman–Crippen MR) is 71.5 cm³/mol. The zero-order valence-electron chi connectivity index (χ0n) is 10.6. The summed E-state index contributed by atoms with van der Waals surface area (Å²) in [5.74, 6) is 0.178. The number of rotatable bonds is 4. The maximum atomic E-state index is 11.6. The Morgan fingerprint density at radius 2 is 2.28 bits per heavy atom. The first-order valence-electron chi connectivity index (χ1n) is 6.22. The molecule has 0 saturated heterocycles. The molecule has 0 fully saturated rings. The van der Waals surface area contributed by atoms with Gasteiger partial charge in [-0.2, -0.15) is 5.26 Å². The minimum Gasteiger partial charge on any atom is -0.385 e. The Hall–Kier alpha value is -2.02. The Labute approximate surface area is 107 Å². The first kappa shape index (κ1) is 12.4. The summed E-state index contributed by atoms with van der Waals surface area (Å²) < 4.78 is 0. The van der Waals surface area contributed by atoms with Crippen molar-refractivity contribution in [1.29, 1.82) is 5.26 Å². The van der Waals surface area contributed by atoms with Crippen LogP contribution in [0.3, 0.4) is 0 Å². The number of nitrogens with one attached hydrogen (secondary N) is 1. The minimum absolute atomic E-state index is 0.178. The van der Waals surface area contributed by atoms with E-state index in [0.717, 1.165) is 30.8 Å². The van der Waals surface area contributed by atoms with Crippen LogP contribution in [-0.2, 0) is 11.2 Å². The standard InChI is InChI=1S/C14H17N3O/c1-17-13-6-5-12(16-9-3-2-8-15)10-11(13)4-7-14(17)18/h5-6,10,16H,2-4,7,9H2,1H3. The molecule has 1 aromatic rings. The molecular weight excluding hydrogens is 226 g/mol. The summed E-state index contributed by atoms with van der Waals surface area (Å²) in [7, 11) is 1.82. The first-order valence-corrected chi connectivity index (χ1v) is 6.22. The van der Waals surface area contributed by atoms with Crippen molar-refractivity contribution in [2.45, 2.75) is 25.7 Å². The monoisotopic (exact) mass is 243 g/mol. The third-order valence-corrected chi connectivity index (χ3v) is 3.22. The quantitative estimate of drug-likeness (QED) is 0.826. The van der Waals surface area contributed by atoms with Crippen molar-refractivity contribution in [3.63, 3.8) is 0 Å². The molecule has 2 rings (SSSR count). The molecule has 18 heavy (non-hydrogen) atoms. The Morgan fingerprint density at radius 1 is 1.44 bits per heavy atom. The summed E-state index contributed by atoms with van der Waals surface area (Å²) >= 11 is 0. The van der Waals surface area contributed by atoms with Crippen LogP contribution in [0.4, 0.5) is 11.4 Å². The SMILES string of the molecule is CN1C(=O)CCc2cc(NCCCC#N)ccc21. The second-order valence-corrected chi connectivity index (χ2v) is 4.48. The molecule has 0 unspecified atom stereocenters. The van der Waals surface area contributed by atoms with E-state index >= 15 is 0 Å². The normalized spacial score (nSPS) is 14.0. The largest absolute Gasteiger partial charge is 0.385 e. The van der Waals surface area contributed by atoms with E-state index in [1.165, 1.54) is 5.56 Å². The molecule has 1 aromatic carbocycles. The number of fused-ring (bicyclic) bond motifs is 1. The summed E-state index contributed by atoms with van der Waals surface area (Å²) in [5, 5.41) is 11.8. The van der Waals surface area contributed by atoms with Crippen LogP contribution in [0.1, 0.15) is 24.8 Å². The number of carbonyl (C=O) groups excluding carboxylic acids is 1. The van der Waals surface area contributed by atoms with Gasteiger partial charge in [-0.15, -0.1) is 0 Å². The average Bonchev–Trinajstić information content (AvgIpc) is 2.39. The zero-order valence-corrected chi connectivity index (χ0v) is 10.6. The van der Waals surface area contributed by atoms with Gasteiger partial charge in [0.05, 0.1) is 6.07 Å². The maximum Gasteiger partial charge on any atom is 0.227 e. The van der Waals surface area contributed by atoms with Gasteiger partial charge in [0, 0.05) is 37.8 Å². The highest BCUT2D eigenvalue weighted by molar-refractivity contribution is 5.96. The molecule has 0 aromatic heterocycles. The minimum atomic E-state index is 0.178. The van der Waals surface area contributed by atoms with Crippen molar-refractivity contribution in [2.24, 2.45) is 0 Å². The number of nitrogens with zero attached hydrogens (tertiary/aromatic N) is 2. The number of nitriles is 1. The van der Waals surface area contributed by atoms with Crippen LogP contribution >= 0.6 is 0 Å². The lowest BCUT2D eigenvalue weighted by atomic mass is 10.0. The molecule has 0 radical (unpaired) electrons. The highest BCUT2D eigenvalue weighted by Gasteiger charge is 2.20. The van der Waals surface area contributed by atoms with E-state index < -0.39 is 0 Å². The molecule has 4 heteroatoms. The van der Waals surface area contributed by atoms with Gasteiger partial charge in [0.2, 0.25) is 5.91 Å². The molecular formula is C14H17N3O. The van der Waals surface area contributed by atoms with E-state index in [1.807, 2.05) is 19.2 Å². The molecule has 4 nitrogen and oxygen atoms in total. The van der Waals surface area contributed by atoms with Crippen molar-refractivity contribution in [1.82, 2.24) is 0 Å². The van der Waals surface area contributed by atoms with Crippen LogP contribution in [0.25, 0.3) is 0 Å². The number of aryl methyl sites for hydroxylation is 1. The van der Waals surface area contributed by atoms with Crippen molar-refractivity contribution < 1.29 is 4.79 Å². The number of benzene rings is 1. The fourth-order valence-corrected chi connectivity index (χ4v) is 2.17. The second kappa shape index (κ2) is 5.54. The number of amides is 1. The molecule has 0 atom stereocenters. The van der Waals surface area contributed by atoms with Gasteiger partial charge in [-0.1, -0.05) is 0 Å². The maximum absolute atomic E-state index is 11.6. The van der Waals surface area contributed by atoms with Gasteiger partial charge in [0.25, 0.3) is 0 Å². The van der Waals surface area contributed by atoms with E-state index in [9.17, 15) is 4.79 Å². The highest BCUT2D eigenvalue weighted by Crippen LogP contribution is 2.29. The van der Waals surface area contributed by atoms with Crippen molar-refractivity contribution in [2.75, 3.05) is 23.8 Å². The summed E-state index contributed by atoms with van der Waals surface area (Å²) in [6.07, 6.45) is 2.83. The van der Waals surface area contributed by atoms with Gasteiger partial charge < -0.3 is 10.2 Å². The molecule has 1 aliphatic rings. The number of carbonyl (C=O) groups is 1. The summed E-state index contributed by atoms with van der Waals surface area (Å²) in [6, 6.07) is 8.20. The number of unbranched alkanes of at least 4 members (excludes halogenated alkanes) is 1. The van der Waals surface area contributed by atoms with Crippen molar-refractivity contribution in [3.05, 3.63) is 23.8 Å². The number of anilines is 2. The number of hydrogen-bond donors (Lipinski definition) is 1. The highest BCUT2D eigenvalue weighted by atomic mass is 16.2. The second-order valence-electron chi connectivity index (χ2n) is 4.48. The van der Waals surface area contributed by atoms with E-state index in [-0.39, 0.29) is 5.91 Å². The van der Waals surface area contributed by atoms with Crippen molar-refractivity contribution in [3.8, 4) is 6.07 Å². The first-order chi connectivity index (χ1) is 8.72. The molecule has 94 valence electrons. The smallest absolute Gasteiger partial charge is 0.227 e. The van der Waals surface area contributed by atoms with Crippen LogP contribution in [0.15, 0.2) is 18.2 Å². The van der Waals surface area contributed by atoms with Gasteiger partial charge in [0.1, 0.15) is 0 Å². The Bertz CT molecular complexity index is 490. The summed E-state index contributed by atoms with van der Waals surface area (Å²) in [6.45, 7) is 0.807. The van der Waals surface area contributed by atoms with Crippen molar-refractivity contribution >= 4 is 17.3 Å². The molecule has 1 aliphatic heterocycles. The molecule has 0 bridgehead atoms. The van der Waals surface area contributed by atoms with Gasteiger partial charge in [-0.3, -0.25) is 4.79 Å². The summed E-state index contributed by atoms with van der Waals surface area (Å²) in [5.41, 5.74) is 3.28. The van der Waals surface area contributed by atoms with E-state index in [0.29, 0.717) is 12.8 Å². The number of hydrogen-bond acceptors (Lipinski definition) is 3. The van der Waals surface area contributed by atoms with Crippen LogP contribution in [0.2, 0.25) is 0 Å².